The Morgan fingerprint density at radius 1 is 1.09 bits per heavy atom. The molecule has 5 nitrogen and oxygen atoms in total. The molecular weight excluding hydrogens is 294 g/mol. The molecule has 126 valence electrons. The summed E-state index contributed by atoms with van der Waals surface area (Å²) < 4.78 is 10.4. The zero-order valence-electron chi connectivity index (χ0n) is 13.9. The molecule has 0 radical (unpaired) electrons. The van der Waals surface area contributed by atoms with Gasteiger partial charge in [-0.15, -0.1) is 0 Å². The fourth-order valence-corrected chi connectivity index (χ4v) is 2.78. The van der Waals surface area contributed by atoms with Crippen LogP contribution in [0.1, 0.15) is 32.3 Å². The zero-order chi connectivity index (χ0) is 16.7. The maximum atomic E-state index is 12.4. The van der Waals surface area contributed by atoms with Gasteiger partial charge in [0.25, 0.3) is 0 Å². The molecule has 0 saturated carbocycles. The van der Waals surface area contributed by atoms with E-state index in [-0.39, 0.29) is 17.8 Å². The lowest BCUT2D eigenvalue weighted by Crippen LogP contribution is -2.41. The second kappa shape index (κ2) is 8.56. The molecule has 23 heavy (non-hydrogen) atoms. The first-order chi connectivity index (χ1) is 11.1. The lowest BCUT2D eigenvalue weighted by molar-refractivity contribution is -0.151. The van der Waals surface area contributed by atoms with Gasteiger partial charge < -0.3 is 14.4 Å². The Hall–Kier alpha value is -2.04. The van der Waals surface area contributed by atoms with Crippen LogP contribution in [0.2, 0.25) is 0 Å². The van der Waals surface area contributed by atoms with Crippen LogP contribution in [0.3, 0.4) is 0 Å². The highest BCUT2D eigenvalue weighted by Gasteiger charge is 2.28. The molecule has 0 spiro atoms. The minimum Gasteiger partial charge on any atom is -0.494 e. The van der Waals surface area contributed by atoms with Crippen LogP contribution in [0, 0.1) is 5.92 Å². The summed E-state index contributed by atoms with van der Waals surface area (Å²) in [6, 6.07) is 7.63. The number of piperidine rings is 1. The van der Waals surface area contributed by atoms with Crippen LogP contribution < -0.4 is 4.74 Å². The first kappa shape index (κ1) is 17.3. The minimum atomic E-state index is -0.133. The number of ether oxygens (including phenoxy) is 2. The number of esters is 1. The summed E-state index contributed by atoms with van der Waals surface area (Å²) in [7, 11) is 0. The summed E-state index contributed by atoms with van der Waals surface area (Å²) in [5, 5.41) is 0. The van der Waals surface area contributed by atoms with E-state index in [2.05, 4.69) is 0 Å². The molecule has 2 rings (SSSR count). The molecule has 1 aliphatic rings. The van der Waals surface area contributed by atoms with Gasteiger partial charge in [-0.1, -0.05) is 12.1 Å². The number of rotatable bonds is 6. The van der Waals surface area contributed by atoms with Gasteiger partial charge in [0.15, 0.2) is 0 Å². The molecule has 1 amide bonds. The molecule has 0 atom stereocenters. The van der Waals surface area contributed by atoms with E-state index in [1.54, 1.807) is 0 Å². The van der Waals surface area contributed by atoms with Gasteiger partial charge in [-0.2, -0.15) is 0 Å². The first-order valence-corrected chi connectivity index (χ1v) is 8.30. The molecule has 1 aliphatic heterocycles. The third kappa shape index (κ3) is 4.98. The summed E-state index contributed by atoms with van der Waals surface area (Å²) in [6.45, 7) is 6.05. The maximum absolute atomic E-state index is 12.4. The number of amides is 1. The second-order valence-electron chi connectivity index (χ2n) is 5.66. The standard InChI is InChI=1S/C18H25NO4/c1-3-22-16-7-5-14(6-8-16)13-17(20)19-11-9-15(10-12-19)18(21)23-4-2/h5-8,15H,3-4,9-13H2,1-2H3. The van der Waals surface area contributed by atoms with E-state index < -0.39 is 0 Å². The van der Waals surface area contributed by atoms with E-state index in [0.29, 0.717) is 45.6 Å². The molecule has 1 fully saturated rings. The number of carbonyl (C=O) groups is 2. The lowest BCUT2D eigenvalue weighted by atomic mass is 9.96. The smallest absolute Gasteiger partial charge is 0.309 e. The summed E-state index contributed by atoms with van der Waals surface area (Å²) in [6.07, 6.45) is 1.76. The molecule has 0 N–H and O–H groups in total. The van der Waals surface area contributed by atoms with Crippen molar-refractivity contribution in [1.29, 1.82) is 0 Å². The summed E-state index contributed by atoms with van der Waals surface area (Å²) in [4.78, 5) is 25.9. The van der Waals surface area contributed by atoms with E-state index in [4.69, 9.17) is 9.47 Å². The average molecular weight is 319 g/mol. The van der Waals surface area contributed by atoms with Gasteiger partial charge in [0, 0.05) is 13.1 Å². The zero-order valence-corrected chi connectivity index (χ0v) is 13.9. The molecule has 5 heteroatoms. The third-order valence-corrected chi connectivity index (χ3v) is 4.06. The third-order valence-electron chi connectivity index (χ3n) is 4.06. The van der Waals surface area contributed by atoms with Crippen molar-refractivity contribution in [2.75, 3.05) is 26.3 Å². The largest absolute Gasteiger partial charge is 0.494 e. The topological polar surface area (TPSA) is 55.8 Å². The van der Waals surface area contributed by atoms with E-state index in [9.17, 15) is 9.59 Å². The predicted octanol–water partition coefficient (Wildman–Crippen LogP) is 2.43. The van der Waals surface area contributed by atoms with Gasteiger partial charge in [0.1, 0.15) is 5.75 Å². The van der Waals surface area contributed by atoms with Gasteiger partial charge in [0.05, 0.1) is 25.6 Å². The number of likely N-dealkylation sites (tertiary alicyclic amines) is 1. The van der Waals surface area contributed by atoms with Crippen LogP contribution in [-0.4, -0.2) is 43.1 Å². The Kier molecular flexibility index (Phi) is 6.44. The van der Waals surface area contributed by atoms with E-state index in [1.807, 2.05) is 43.0 Å². The van der Waals surface area contributed by atoms with Gasteiger partial charge in [-0.25, -0.2) is 0 Å². The van der Waals surface area contributed by atoms with Crippen LogP contribution in [0.25, 0.3) is 0 Å². The fraction of sp³-hybridized carbons (Fsp3) is 0.556. The number of benzene rings is 1. The van der Waals surface area contributed by atoms with Crippen molar-refractivity contribution in [3.8, 4) is 5.75 Å². The monoisotopic (exact) mass is 319 g/mol. The highest BCUT2D eigenvalue weighted by Crippen LogP contribution is 2.20. The molecule has 1 heterocycles. The molecule has 0 aliphatic carbocycles. The number of hydrogen-bond acceptors (Lipinski definition) is 4. The Morgan fingerprint density at radius 2 is 1.74 bits per heavy atom. The van der Waals surface area contributed by atoms with Gasteiger partial charge >= 0.3 is 5.97 Å². The van der Waals surface area contributed by atoms with Crippen molar-refractivity contribution < 1.29 is 19.1 Å². The van der Waals surface area contributed by atoms with Crippen LogP contribution in [0.5, 0.6) is 5.75 Å². The molecule has 1 saturated heterocycles. The maximum Gasteiger partial charge on any atom is 0.309 e. The van der Waals surface area contributed by atoms with Crippen LogP contribution >= 0.6 is 0 Å². The van der Waals surface area contributed by atoms with Crippen LogP contribution in [0.4, 0.5) is 0 Å². The van der Waals surface area contributed by atoms with Gasteiger partial charge in [-0.3, -0.25) is 9.59 Å². The molecule has 0 aromatic heterocycles. The van der Waals surface area contributed by atoms with E-state index in [1.165, 1.54) is 0 Å². The van der Waals surface area contributed by atoms with Crippen molar-refractivity contribution in [3.05, 3.63) is 29.8 Å². The SMILES string of the molecule is CCOC(=O)C1CCN(C(=O)Cc2ccc(OCC)cc2)CC1. The first-order valence-electron chi connectivity index (χ1n) is 8.30. The second-order valence-corrected chi connectivity index (χ2v) is 5.66. The van der Waals surface area contributed by atoms with Crippen molar-refractivity contribution in [2.24, 2.45) is 5.92 Å². The highest BCUT2D eigenvalue weighted by molar-refractivity contribution is 5.79. The molecule has 1 aromatic rings. The molecule has 1 aromatic carbocycles. The van der Waals surface area contributed by atoms with E-state index in [0.717, 1.165) is 11.3 Å². The molecular formula is C18H25NO4. The number of carbonyl (C=O) groups excluding carboxylic acids is 2. The summed E-state index contributed by atoms with van der Waals surface area (Å²) in [5.41, 5.74) is 0.978. The highest BCUT2D eigenvalue weighted by atomic mass is 16.5. The van der Waals surface area contributed by atoms with Crippen LogP contribution in [0.15, 0.2) is 24.3 Å². The van der Waals surface area contributed by atoms with Crippen molar-refractivity contribution in [2.45, 2.75) is 33.1 Å². The normalized spacial score (nSPS) is 15.3. The fourth-order valence-electron chi connectivity index (χ4n) is 2.78. The number of nitrogens with zero attached hydrogens (tertiary/aromatic N) is 1. The predicted molar refractivity (Wildman–Crippen MR) is 87.3 cm³/mol. The lowest BCUT2D eigenvalue weighted by Gasteiger charge is -2.31. The Bertz CT molecular complexity index is 518. The average Bonchev–Trinajstić information content (AvgIpc) is 2.57. The van der Waals surface area contributed by atoms with Gasteiger partial charge in [-0.05, 0) is 44.4 Å². The number of hydrogen-bond donors (Lipinski definition) is 0. The van der Waals surface area contributed by atoms with Crippen LogP contribution in [-0.2, 0) is 20.7 Å². The Balaban J connectivity index is 1.81. The Morgan fingerprint density at radius 3 is 2.30 bits per heavy atom. The van der Waals surface area contributed by atoms with Crippen molar-refractivity contribution in [3.63, 3.8) is 0 Å². The molecule has 0 bridgehead atoms. The molecule has 0 unspecified atom stereocenters. The van der Waals surface area contributed by atoms with Gasteiger partial charge in [0.2, 0.25) is 5.91 Å². The summed E-state index contributed by atoms with van der Waals surface area (Å²) in [5.74, 6) is 0.728. The van der Waals surface area contributed by atoms with E-state index >= 15 is 0 Å². The Labute approximate surface area is 137 Å². The minimum absolute atomic E-state index is 0.0653. The van der Waals surface area contributed by atoms with Crippen molar-refractivity contribution in [1.82, 2.24) is 4.90 Å². The quantitative estimate of drug-likeness (QED) is 0.756. The van der Waals surface area contributed by atoms with Crippen molar-refractivity contribution >= 4 is 11.9 Å². The summed E-state index contributed by atoms with van der Waals surface area (Å²) >= 11 is 0.